The summed E-state index contributed by atoms with van der Waals surface area (Å²) in [5.41, 5.74) is 0.627. The zero-order valence-corrected chi connectivity index (χ0v) is 12.3. The molecule has 0 N–H and O–H groups in total. The molecule has 0 spiro atoms. The summed E-state index contributed by atoms with van der Waals surface area (Å²) >= 11 is 0. The van der Waals surface area contributed by atoms with Gasteiger partial charge in [0.2, 0.25) is 0 Å². The number of hydrogen-bond acceptors (Lipinski definition) is 2. The Balaban J connectivity index is 2.72. The van der Waals surface area contributed by atoms with Crippen LogP contribution in [0.25, 0.3) is 0 Å². The Morgan fingerprint density at radius 3 is 1.88 bits per heavy atom. The molecule has 0 amide bonds. The first-order valence-corrected chi connectivity index (χ1v) is 6.68. The molecular formula is C14H30N2. The fourth-order valence-corrected chi connectivity index (χ4v) is 2.70. The second kappa shape index (κ2) is 4.66. The number of rotatable bonds is 1. The van der Waals surface area contributed by atoms with Crippen molar-refractivity contribution < 1.29 is 0 Å². The summed E-state index contributed by atoms with van der Waals surface area (Å²) in [5.74, 6) is 0. The Morgan fingerprint density at radius 2 is 1.50 bits per heavy atom. The molecule has 2 nitrogen and oxygen atoms in total. The third-order valence-corrected chi connectivity index (χ3v) is 3.76. The standard InChI is InChI=1S/C14H30N2/c1-8-12-11-15(13(2,3)4)9-10-16(12)14(5,6)7/h12H,8-11H2,1-7H3/t12-/m1/s1. The average Bonchev–Trinajstić information content (AvgIpc) is 2.14. The van der Waals surface area contributed by atoms with Gasteiger partial charge < -0.3 is 0 Å². The van der Waals surface area contributed by atoms with Crippen LogP contribution in [0, 0.1) is 0 Å². The van der Waals surface area contributed by atoms with Gasteiger partial charge in [-0.1, -0.05) is 6.92 Å². The molecule has 0 aromatic heterocycles. The van der Waals surface area contributed by atoms with Crippen molar-refractivity contribution in [2.24, 2.45) is 0 Å². The highest BCUT2D eigenvalue weighted by Crippen LogP contribution is 2.26. The van der Waals surface area contributed by atoms with Gasteiger partial charge in [0.1, 0.15) is 0 Å². The summed E-state index contributed by atoms with van der Waals surface area (Å²) < 4.78 is 0. The zero-order valence-electron chi connectivity index (χ0n) is 12.3. The molecule has 1 aliphatic rings. The Labute approximate surface area is 102 Å². The van der Waals surface area contributed by atoms with Crippen LogP contribution in [0.1, 0.15) is 54.9 Å². The minimum Gasteiger partial charge on any atom is -0.296 e. The third-order valence-electron chi connectivity index (χ3n) is 3.76. The molecule has 0 unspecified atom stereocenters. The Hall–Kier alpha value is -0.0800. The predicted octanol–water partition coefficient (Wildman–Crippen LogP) is 2.98. The molecule has 1 saturated heterocycles. The van der Waals surface area contributed by atoms with Gasteiger partial charge in [0.15, 0.2) is 0 Å². The Bertz CT molecular complexity index is 222. The molecule has 2 heteroatoms. The van der Waals surface area contributed by atoms with Crippen LogP contribution in [0.15, 0.2) is 0 Å². The zero-order chi connectivity index (χ0) is 12.6. The minimum absolute atomic E-state index is 0.310. The molecule has 16 heavy (non-hydrogen) atoms. The van der Waals surface area contributed by atoms with Crippen molar-refractivity contribution in [2.75, 3.05) is 19.6 Å². The normalized spacial score (nSPS) is 26.1. The van der Waals surface area contributed by atoms with Gasteiger partial charge in [0.25, 0.3) is 0 Å². The lowest BCUT2D eigenvalue weighted by Crippen LogP contribution is -2.62. The lowest BCUT2D eigenvalue weighted by Gasteiger charge is -2.51. The van der Waals surface area contributed by atoms with Crippen molar-refractivity contribution in [1.29, 1.82) is 0 Å². The van der Waals surface area contributed by atoms with Gasteiger partial charge in [0.05, 0.1) is 0 Å². The van der Waals surface area contributed by atoms with Crippen LogP contribution >= 0.6 is 0 Å². The summed E-state index contributed by atoms with van der Waals surface area (Å²) in [6.07, 6.45) is 1.25. The van der Waals surface area contributed by atoms with Gasteiger partial charge in [-0.15, -0.1) is 0 Å². The van der Waals surface area contributed by atoms with E-state index in [0.717, 1.165) is 0 Å². The van der Waals surface area contributed by atoms with E-state index in [1.165, 1.54) is 26.1 Å². The highest BCUT2D eigenvalue weighted by molar-refractivity contribution is 4.92. The van der Waals surface area contributed by atoms with Crippen LogP contribution in [0.2, 0.25) is 0 Å². The van der Waals surface area contributed by atoms with Crippen molar-refractivity contribution in [3.63, 3.8) is 0 Å². The van der Waals surface area contributed by atoms with E-state index in [2.05, 4.69) is 58.3 Å². The Kier molecular flexibility index (Phi) is 4.07. The highest BCUT2D eigenvalue weighted by atomic mass is 15.3. The van der Waals surface area contributed by atoms with Gasteiger partial charge in [-0.3, -0.25) is 9.80 Å². The van der Waals surface area contributed by atoms with Crippen molar-refractivity contribution in [1.82, 2.24) is 9.80 Å². The summed E-state index contributed by atoms with van der Waals surface area (Å²) in [7, 11) is 0. The fourth-order valence-electron chi connectivity index (χ4n) is 2.70. The van der Waals surface area contributed by atoms with E-state index in [4.69, 9.17) is 0 Å². The molecule has 0 saturated carbocycles. The smallest absolute Gasteiger partial charge is 0.0226 e. The number of hydrogen-bond donors (Lipinski definition) is 0. The predicted molar refractivity (Wildman–Crippen MR) is 71.9 cm³/mol. The molecule has 1 fully saturated rings. The molecule has 0 aliphatic carbocycles. The number of nitrogens with zero attached hydrogens (tertiary/aromatic N) is 2. The van der Waals surface area contributed by atoms with Gasteiger partial charge in [-0.05, 0) is 48.0 Å². The van der Waals surface area contributed by atoms with Crippen molar-refractivity contribution in [3.05, 3.63) is 0 Å². The van der Waals surface area contributed by atoms with Gasteiger partial charge in [-0.2, -0.15) is 0 Å². The quantitative estimate of drug-likeness (QED) is 0.678. The minimum atomic E-state index is 0.310. The molecule has 96 valence electrons. The van der Waals surface area contributed by atoms with E-state index in [1.54, 1.807) is 0 Å². The van der Waals surface area contributed by atoms with E-state index in [1.807, 2.05) is 0 Å². The summed E-state index contributed by atoms with van der Waals surface area (Å²) in [4.78, 5) is 5.30. The number of piperazine rings is 1. The van der Waals surface area contributed by atoms with Crippen molar-refractivity contribution in [3.8, 4) is 0 Å². The van der Waals surface area contributed by atoms with Gasteiger partial charge in [0, 0.05) is 36.8 Å². The van der Waals surface area contributed by atoms with E-state index in [0.29, 0.717) is 17.1 Å². The molecule has 1 heterocycles. The van der Waals surface area contributed by atoms with Gasteiger partial charge in [-0.25, -0.2) is 0 Å². The molecule has 0 bridgehead atoms. The first-order chi connectivity index (χ1) is 7.16. The highest BCUT2D eigenvalue weighted by Gasteiger charge is 2.35. The van der Waals surface area contributed by atoms with Crippen LogP contribution in [0.5, 0.6) is 0 Å². The van der Waals surface area contributed by atoms with Crippen LogP contribution in [0.4, 0.5) is 0 Å². The molecular weight excluding hydrogens is 196 g/mol. The molecule has 0 aromatic carbocycles. The lowest BCUT2D eigenvalue weighted by atomic mass is 9.95. The van der Waals surface area contributed by atoms with Crippen LogP contribution in [-0.2, 0) is 0 Å². The van der Waals surface area contributed by atoms with Crippen LogP contribution in [0.3, 0.4) is 0 Å². The van der Waals surface area contributed by atoms with Gasteiger partial charge >= 0.3 is 0 Å². The SMILES string of the molecule is CC[C@@H]1CN(C(C)(C)C)CCN1C(C)(C)C. The summed E-state index contributed by atoms with van der Waals surface area (Å²) in [6, 6.07) is 0.716. The Morgan fingerprint density at radius 1 is 0.938 bits per heavy atom. The summed E-state index contributed by atoms with van der Waals surface area (Å²) in [6.45, 7) is 19.9. The fraction of sp³-hybridized carbons (Fsp3) is 1.00. The monoisotopic (exact) mass is 226 g/mol. The van der Waals surface area contributed by atoms with E-state index >= 15 is 0 Å². The lowest BCUT2D eigenvalue weighted by molar-refractivity contribution is -0.0231. The second-order valence-corrected chi connectivity index (χ2v) is 7.04. The van der Waals surface area contributed by atoms with Crippen LogP contribution in [-0.4, -0.2) is 46.6 Å². The largest absolute Gasteiger partial charge is 0.296 e. The first-order valence-electron chi connectivity index (χ1n) is 6.68. The van der Waals surface area contributed by atoms with Crippen molar-refractivity contribution >= 4 is 0 Å². The first kappa shape index (κ1) is 14.0. The maximum atomic E-state index is 2.68. The van der Waals surface area contributed by atoms with Crippen LogP contribution < -0.4 is 0 Å². The second-order valence-electron chi connectivity index (χ2n) is 7.04. The maximum absolute atomic E-state index is 2.68. The van der Waals surface area contributed by atoms with E-state index < -0.39 is 0 Å². The van der Waals surface area contributed by atoms with E-state index in [-0.39, 0.29) is 0 Å². The third kappa shape index (κ3) is 3.21. The molecule has 1 atom stereocenters. The maximum Gasteiger partial charge on any atom is 0.0226 e. The topological polar surface area (TPSA) is 6.48 Å². The molecule has 0 radical (unpaired) electrons. The summed E-state index contributed by atoms with van der Waals surface area (Å²) in [5, 5.41) is 0. The molecule has 0 aromatic rings. The van der Waals surface area contributed by atoms with E-state index in [9.17, 15) is 0 Å². The average molecular weight is 226 g/mol. The van der Waals surface area contributed by atoms with Crippen molar-refractivity contribution in [2.45, 2.75) is 72.0 Å². The molecule has 1 aliphatic heterocycles. The molecule has 1 rings (SSSR count).